The number of halogens is 2. The van der Waals surface area contributed by atoms with Gasteiger partial charge in [-0.05, 0) is 0 Å². The molecule has 1 aliphatic rings. The zero-order chi connectivity index (χ0) is 15.7. The Balaban J connectivity index is 2.44. The average molecular weight is 299 g/mol. The first-order chi connectivity index (χ1) is 9.85. The molecule has 21 heavy (non-hydrogen) atoms. The van der Waals surface area contributed by atoms with Gasteiger partial charge in [-0.2, -0.15) is 0 Å². The van der Waals surface area contributed by atoms with E-state index in [1.165, 1.54) is 19.1 Å². The predicted octanol–water partition coefficient (Wildman–Crippen LogP) is 0.566. The van der Waals surface area contributed by atoms with Gasteiger partial charge in [0.05, 0.1) is 7.11 Å². The summed E-state index contributed by atoms with van der Waals surface area (Å²) in [6, 6.07) is 0.0401. The molecule has 0 bridgehead atoms. The number of carbonyl (C=O) groups excluding carboxylic acids is 2. The molecule has 8 heteroatoms. The van der Waals surface area contributed by atoms with Crippen molar-refractivity contribution in [3.8, 4) is 5.75 Å². The second-order valence-electron chi connectivity index (χ2n) is 4.82. The first kappa shape index (κ1) is 15.0. The fourth-order valence-corrected chi connectivity index (χ4v) is 2.51. The topological polar surface area (TPSA) is 84.7 Å². The Morgan fingerprint density at radius 3 is 2.48 bits per heavy atom. The summed E-state index contributed by atoms with van der Waals surface area (Å²) < 4.78 is 33.0. The van der Waals surface area contributed by atoms with E-state index in [9.17, 15) is 18.4 Å². The largest absolute Gasteiger partial charge is 0.497 e. The summed E-state index contributed by atoms with van der Waals surface area (Å²) in [5.74, 6) is -2.95. The molecule has 1 aromatic rings. The van der Waals surface area contributed by atoms with Crippen molar-refractivity contribution >= 4 is 11.9 Å². The summed E-state index contributed by atoms with van der Waals surface area (Å²) >= 11 is 0. The van der Waals surface area contributed by atoms with Crippen molar-refractivity contribution in [1.82, 2.24) is 10.2 Å². The summed E-state index contributed by atoms with van der Waals surface area (Å²) in [6.45, 7) is 0.0734. The minimum Gasteiger partial charge on any atom is -0.497 e. The molecular formula is C13H15F2N3O3. The van der Waals surface area contributed by atoms with Crippen LogP contribution < -0.4 is 15.8 Å². The molecule has 114 valence electrons. The van der Waals surface area contributed by atoms with E-state index in [1.54, 1.807) is 0 Å². The van der Waals surface area contributed by atoms with Gasteiger partial charge in [0, 0.05) is 37.2 Å². The number of nitrogens with one attached hydrogen (secondary N) is 1. The van der Waals surface area contributed by atoms with Gasteiger partial charge < -0.3 is 20.7 Å². The molecule has 3 amide bonds. The lowest BCUT2D eigenvalue weighted by atomic mass is 9.93. The minimum absolute atomic E-state index is 0.0332. The summed E-state index contributed by atoms with van der Waals surface area (Å²) in [4.78, 5) is 24.2. The third kappa shape index (κ3) is 2.74. The third-order valence-electron chi connectivity index (χ3n) is 3.47. The zero-order valence-corrected chi connectivity index (χ0v) is 11.5. The van der Waals surface area contributed by atoms with Crippen LogP contribution in [0.4, 0.5) is 13.6 Å². The van der Waals surface area contributed by atoms with Crippen LogP contribution in [0.3, 0.4) is 0 Å². The monoisotopic (exact) mass is 299 g/mol. The van der Waals surface area contributed by atoms with Crippen LogP contribution in [0.15, 0.2) is 12.1 Å². The van der Waals surface area contributed by atoms with Crippen LogP contribution in [-0.2, 0) is 4.79 Å². The van der Waals surface area contributed by atoms with Crippen LogP contribution in [0.5, 0.6) is 5.75 Å². The van der Waals surface area contributed by atoms with Crippen molar-refractivity contribution in [3.05, 3.63) is 29.3 Å². The number of likely N-dealkylation sites (tertiary alicyclic amines) is 1. The zero-order valence-electron chi connectivity index (χ0n) is 11.5. The van der Waals surface area contributed by atoms with Gasteiger partial charge in [-0.1, -0.05) is 0 Å². The van der Waals surface area contributed by atoms with Crippen molar-refractivity contribution in [2.75, 3.05) is 20.7 Å². The quantitative estimate of drug-likeness (QED) is 0.855. The number of hydrogen-bond acceptors (Lipinski definition) is 3. The Morgan fingerprint density at radius 1 is 1.43 bits per heavy atom. The molecular weight excluding hydrogens is 284 g/mol. The maximum Gasteiger partial charge on any atom is 0.312 e. The highest BCUT2D eigenvalue weighted by Crippen LogP contribution is 2.33. The van der Waals surface area contributed by atoms with E-state index in [-0.39, 0.29) is 17.9 Å². The van der Waals surface area contributed by atoms with Gasteiger partial charge in [-0.25, -0.2) is 13.6 Å². The van der Waals surface area contributed by atoms with E-state index in [0.717, 1.165) is 12.1 Å². The van der Waals surface area contributed by atoms with E-state index in [1.807, 2.05) is 0 Å². The van der Waals surface area contributed by atoms with Crippen molar-refractivity contribution in [3.63, 3.8) is 0 Å². The number of urea groups is 1. The lowest BCUT2D eigenvalue weighted by molar-refractivity contribution is -0.128. The normalized spacial score (nSPS) is 21.5. The predicted molar refractivity (Wildman–Crippen MR) is 69.8 cm³/mol. The van der Waals surface area contributed by atoms with Crippen molar-refractivity contribution in [1.29, 1.82) is 0 Å². The van der Waals surface area contributed by atoms with Crippen LogP contribution in [0.2, 0.25) is 0 Å². The summed E-state index contributed by atoms with van der Waals surface area (Å²) in [5, 5.41) is 2.24. The van der Waals surface area contributed by atoms with Gasteiger partial charge in [0.15, 0.2) is 0 Å². The van der Waals surface area contributed by atoms with Gasteiger partial charge in [-0.3, -0.25) is 4.79 Å². The SMILES string of the molecule is COc1cc(F)c([C@@H]2CN(C)C(=O)[C@H]2NC(N)=O)c(F)c1. The number of carbonyl (C=O) groups is 2. The standard InChI is InChI=1S/C13H15F2N3O3/c1-18-5-7(11(12(18)19)17-13(16)20)10-8(14)3-6(21-2)4-9(10)15/h3-4,7,11H,5H2,1-2H3,(H3,16,17,20)/t7-,11-/m0/s1. The number of benzene rings is 1. The van der Waals surface area contributed by atoms with Crippen molar-refractivity contribution in [2.45, 2.75) is 12.0 Å². The highest BCUT2D eigenvalue weighted by Gasteiger charge is 2.42. The van der Waals surface area contributed by atoms with E-state index in [4.69, 9.17) is 10.5 Å². The average Bonchev–Trinajstić information content (AvgIpc) is 2.65. The molecule has 0 aliphatic carbocycles. The van der Waals surface area contributed by atoms with Gasteiger partial charge in [0.1, 0.15) is 23.4 Å². The number of primary amides is 1. The Morgan fingerprint density at radius 2 is 2.00 bits per heavy atom. The van der Waals surface area contributed by atoms with Gasteiger partial charge >= 0.3 is 6.03 Å². The van der Waals surface area contributed by atoms with Crippen LogP contribution in [0.25, 0.3) is 0 Å². The lowest BCUT2D eigenvalue weighted by Crippen LogP contribution is -2.45. The number of amides is 3. The fourth-order valence-electron chi connectivity index (χ4n) is 2.51. The molecule has 3 N–H and O–H groups in total. The van der Waals surface area contributed by atoms with Gasteiger partial charge in [0.2, 0.25) is 5.91 Å². The number of ether oxygens (including phenoxy) is 1. The molecule has 0 aromatic heterocycles. The van der Waals surface area contributed by atoms with E-state index in [2.05, 4.69) is 5.32 Å². The third-order valence-corrected chi connectivity index (χ3v) is 3.47. The molecule has 1 saturated heterocycles. The van der Waals surface area contributed by atoms with Crippen molar-refractivity contribution in [2.24, 2.45) is 5.73 Å². The molecule has 2 atom stereocenters. The Bertz CT molecular complexity index is 571. The van der Waals surface area contributed by atoms with Crippen LogP contribution >= 0.6 is 0 Å². The molecule has 0 saturated carbocycles. The molecule has 1 heterocycles. The molecule has 0 radical (unpaired) electrons. The van der Waals surface area contributed by atoms with E-state index >= 15 is 0 Å². The van der Waals surface area contributed by atoms with Crippen LogP contribution in [-0.4, -0.2) is 43.6 Å². The van der Waals surface area contributed by atoms with Gasteiger partial charge in [-0.15, -0.1) is 0 Å². The number of nitrogens with two attached hydrogens (primary N) is 1. The van der Waals surface area contributed by atoms with Crippen LogP contribution in [0, 0.1) is 11.6 Å². The number of methoxy groups -OCH3 is 1. The molecule has 0 spiro atoms. The smallest absolute Gasteiger partial charge is 0.312 e. The molecule has 1 aliphatic heterocycles. The van der Waals surface area contributed by atoms with Crippen molar-refractivity contribution < 1.29 is 23.1 Å². The van der Waals surface area contributed by atoms with E-state index < -0.39 is 35.5 Å². The highest BCUT2D eigenvalue weighted by atomic mass is 19.1. The van der Waals surface area contributed by atoms with E-state index in [0.29, 0.717) is 0 Å². The summed E-state index contributed by atoms with van der Waals surface area (Å²) in [6.07, 6.45) is 0. The molecule has 2 rings (SSSR count). The first-order valence-electron chi connectivity index (χ1n) is 6.19. The molecule has 6 nitrogen and oxygen atoms in total. The van der Waals surface area contributed by atoms with Gasteiger partial charge in [0.25, 0.3) is 0 Å². The van der Waals surface area contributed by atoms with Crippen LogP contribution in [0.1, 0.15) is 11.5 Å². The summed E-state index contributed by atoms with van der Waals surface area (Å²) in [7, 11) is 2.77. The Hall–Kier alpha value is -2.38. The molecule has 1 aromatic carbocycles. The Kier molecular flexibility index (Phi) is 3.97. The lowest BCUT2D eigenvalue weighted by Gasteiger charge is -2.19. The minimum atomic E-state index is -1.09. The first-order valence-corrected chi connectivity index (χ1v) is 6.19. The second kappa shape index (κ2) is 5.55. The number of likely N-dealkylation sites (N-methyl/N-ethyl adjacent to an activating group) is 1. The summed E-state index contributed by atoms with van der Waals surface area (Å²) in [5.41, 5.74) is 4.74. The number of hydrogen-bond donors (Lipinski definition) is 2. The fraction of sp³-hybridized carbons (Fsp3) is 0.385. The highest BCUT2D eigenvalue weighted by molar-refractivity contribution is 5.89. The second-order valence-corrected chi connectivity index (χ2v) is 4.82. The Labute approximate surface area is 119 Å². The molecule has 0 unspecified atom stereocenters. The maximum atomic E-state index is 14.1. The maximum absolute atomic E-state index is 14.1. The number of nitrogens with zero attached hydrogens (tertiary/aromatic N) is 1. The molecule has 1 fully saturated rings. The number of rotatable bonds is 3.